The minimum atomic E-state index is -0.757. The average molecular weight is 421 g/mol. The summed E-state index contributed by atoms with van der Waals surface area (Å²) in [5.74, 6) is -2.10. The SMILES string of the molecule is CCOC(=O)Cc1csc(NC(=O)CCc2ncc(-c3c(F)cccc3F)o2)n1. The number of carbonyl (C=O) groups is 2. The minimum Gasteiger partial charge on any atom is -0.466 e. The zero-order chi connectivity index (χ0) is 20.8. The van der Waals surface area contributed by atoms with E-state index in [1.54, 1.807) is 12.3 Å². The summed E-state index contributed by atoms with van der Waals surface area (Å²) in [6, 6.07) is 3.50. The van der Waals surface area contributed by atoms with E-state index in [1.807, 2.05) is 0 Å². The number of hydrogen-bond acceptors (Lipinski definition) is 7. The summed E-state index contributed by atoms with van der Waals surface area (Å²) in [5.41, 5.74) is 0.209. The summed E-state index contributed by atoms with van der Waals surface area (Å²) in [6.07, 6.45) is 1.43. The number of ether oxygens (including phenoxy) is 1. The summed E-state index contributed by atoms with van der Waals surface area (Å²) >= 11 is 1.19. The summed E-state index contributed by atoms with van der Waals surface area (Å²) in [4.78, 5) is 31.6. The Morgan fingerprint density at radius 2 is 2.03 bits per heavy atom. The number of nitrogens with zero attached hydrogens (tertiary/aromatic N) is 2. The van der Waals surface area contributed by atoms with Crippen LogP contribution in [0, 0.1) is 11.6 Å². The predicted octanol–water partition coefficient (Wildman–Crippen LogP) is 3.75. The molecule has 7 nitrogen and oxygen atoms in total. The van der Waals surface area contributed by atoms with E-state index in [9.17, 15) is 18.4 Å². The van der Waals surface area contributed by atoms with Gasteiger partial charge in [0, 0.05) is 18.2 Å². The van der Waals surface area contributed by atoms with Gasteiger partial charge in [-0.2, -0.15) is 0 Å². The van der Waals surface area contributed by atoms with Gasteiger partial charge in [0.1, 0.15) is 11.6 Å². The van der Waals surface area contributed by atoms with Gasteiger partial charge in [-0.3, -0.25) is 9.59 Å². The fourth-order valence-electron chi connectivity index (χ4n) is 2.48. The molecule has 152 valence electrons. The van der Waals surface area contributed by atoms with Crippen molar-refractivity contribution in [1.82, 2.24) is 9.97 Å². The Hall–Kier alpha value is -3.14. The quantitative estimate of drug-likeness (QED) is 0.557. The normalized spacial score (nSPS) is 10.7. The maximum absolute atomic E-state index is 13.8. The van der Waals surface area contributed by atoms with E-state index in [-0.39, 0.29) is 48.4 Å². The van der Waals surface area contributed by atoms with Gasteiger partial charge >= 0.3 is 5.97 Å². The lowest BCUT2D eigenvalue weighted by Gasteiger charge is -2.01. The van der Waals surface area contributed by atoms with Gasteiger partial charge in [-0.05, 0) is 19.1 Å². The lowest BCUT2D eigenvalue weighted by Crippen LogP contribution is -2.12. The molecule has 1 amide bonds. The Balaban J connectivity index is 1.53. The van der Waals surface area contributed by atoms with Crippen LogP contribution in [0.25, 0.3) is 11.3 Å². The number of hydrogen-bond donors (Lipinski definition) is 1. The molecule has 0 aliphatic rings. The van der Waals surface area contributed by atoms with Crippen LogP contribution in [-0.4, -0.2) is 28.5 Å². The third-order valence-electron chi connectivity index (χ3n) is 3.76. The number of nitrogens with one attached hydrogen (secondary N) is 1. The Morgan fingerprint density at radius 3 is 2.76 bits per heavy atom. The third-order valence-corrected chi connectivity index (χ3v) is 4.56. The fourth-order valence-corrected chi connectivity index (χ4v) is 3.21. The van der Waals surface area contributed by atoms with Crippen molar-refractivity contribution in [3.8, 4) is 11.3 Å². The van der Waals surface area contributed by atoms with Crippen LogP contribution < -0.4 is 5.32 Å². The molecule has 2 aromatic heterocycles. The molecular weight excluding hydrogens is 404 g/mol. The van der Waals surface area contributed by atoms with Crippen molar-refractivity contribution in [3.05, 3.63) is 53.0 Å². The highest BCUT2D eigenvalue weighted by Crippen LogP contribution is 2.27. The first-order chi connectivity index (χ1) is 14.0. The van der Waals surface area contributed by atoms with Gasteiger partial charge in [0.25, 0.3) is 0 Å². The predicted molar refractivity (Wildman–Crippen MR) is 101 cm³/mol. The van der Waals surface area contributed by atoms with Crippen molar-refractivity contribution in [2.45, 2.75) is 26.2 Å². The van der Waals surface area contributed by atoms with E-state index in [0.29, 0.717) is 17.4 Å². The van der Waals surface area contributed by atoms with Crippen molar-refractivity contribution in [2.75, 3.05) is 11.9 Å². The van der Waals surface area contributed by atoms with Crippen LogP contribution in [0.4, 0.5) is 13.9 Å². The van der Waals surface area contributed by atoms with Crippen molar-refractivity contribution < 1.29 is 27.5 Å². The molecule has 10 heteroatoms. The van der Waals surface area contributed by atoms with Crippen LogP contribution in [0.1, 0.15) is 24.9 Å². The molecule has 0 radical (unpaired) electrons. The zero-order valence-electron chi connectivity index (χ0n) is 15.4. The molecule has 0 unspecified atom stereocenters. The third kappa shape index (κ3) is 5.44. The molecule has 0 aliphatic heterocycles. The number of amides is 1. The van der Waals surface area contributed by atoms with Crippen LogP contribution >= 0.6 is 11.3 Å². The first kappa shape index (κ1) is 20.6. The summed E-state index contributed by atoms with van der Waals surface area (Å²) in [5, 5.41) is 4.64. The first-order valence-corrected chi connectivity index (χ1v) is 9.63. The van der Waals surface area contributed by atoms with Crippen molar-refractivity contribution in [1.29, 1.82) is 0 Å². The summed E-state index contributed by atoms with van der Waals surface area (Å²) in [6.45, 7) is 2.01. The summed E-state index contributed by atoms with van der Waals surface area (Å²) < 4.78 is 37.8. The Kier molecular flexibility index (Phi) is 6.65. The monoisotopic (exact) mass is 421 g/mol. The highest BCUT2D eigenvalue weighted by Gasteiger charge is 2.17. The molecule has 0 aliphatic carbocycles. The number of esters is 1. The van der Waals surface area contributed by atoms with E-state index in [1.165, 1.54) is 23.6 Å². The second-order valence-corrected chi connectivity index (χ2v) is 6.75. The topological polar surface area (TPSA) is 94.3 Å². The number of rotatable bonds is 8. The molecule has 0 saturated carbocycles. The lowest BCUT2D eigenvalue weighted by atomic mass is 10.1. The van der Waals surface area contributed by atoms with E-state index in [4.69, 9.17) is 9.15 Å². The van der Waals surface area contributed by atoms with Gasteiger partial charge in [0.15, 0.2) is 16.8 Å². The standard InChI is InChI=1S/C19H17F2N3O4S/c1-2-27-17(26)8-11-10-29-19(23-11)24-15(25)6-7-16-22-9-14(28-16)18-12(20)4-3-5-13(18)21/h3-5,9-10H,2,6-8H2,1H3,(H,23,24,25). The molecule has 3 rings (SSSR count). The van der Waals surface area contributed by atoms with Gasteiger partial charge in [-0.25, -0.2) is 18.7 Å². The van der Waals surface area contributed by atoms with Crippen LogP contribution in [0.2, 0.25) is 0 Å². The Labute approximate surface area is 168 Å². The zero-order valence-corrected chi connectivity index (χ0v) is 16.2. The molecular formula is C19H17F2N3O4S. The number of aromatic nitrogens is 2. The number of halogens is 2. The number of carbonyl (C=O) groups excluding carboxylic acids is 2. The van der Waals surface area contributed by atoms with Crippen LogP contribution in [0.3, 0.4) is 0 Å². The number of thiazole rings is 1. The van der Waals surface area contributed by atoms with Crippen molar-refractivity contribution >= 4 is 28.3 Å². The van der Waals surface area contributed by atoms with E-state index in [2.05, 4.69) is 15.3 Å². The van der Waals surface area contributed by atoms with Crippen molar-refractivity contribution in [3.63, 3.8) is 0 Å². The van der Waals surface area contributed by atoms with Gasteiger partial charge in [-0.15, -0.1) is 11.3 Å². The van der Waals surface area contributed by atoms with Crippen LogP contribution in [0.15, 0.2) is 34.2 Å². The first-order valence-electron chi connectivity index (χ1n) is 8.75. The Bertz CT molecular complexity index is 998. The van der Waals surface area contributed by atoms with Gasteiger partial charge < -0.3 is 14.5 Å². The second kappa shape index (κ2) is 9.37. The van der Waals surface area contributed by atoms with Gasteiger partial charge in [0.05, 0.1) is 30.5 Å². The molecule has 0 atom stereocenters. The number of oxazole rings is 1. The molecule has 1 aromatic carbocycles. The maximum Gasteiger partial charge on any atom is 0.311 e. The van der Waals surface area contributed by atoms with E-state index >= 15 is 0 Å². The van der Waals surface area contributed by atoms with Crippen LogP contribution in [0.5, 0.6) is 0 Å². The molecule has 0 saturated heterocycles. The van der Waals surface area contributed by atoms with E-state index in [0.717, 1.165) is 12.1 Å². The molecule has 0 fully saturated rings. The number of aryl methyl sites for hydroxylation is 1. The summed E-state index contributed by atoms with van der Waals surface area (Å²) in [7, 11) is 0. The fraction of sp³-hybridized carbons (Fsp3) is 0.263. The number of anilines is 1. The molecule has 2 heterocycles. The Morgan fingerprint density at radius 1 is 1.28 bits per heavy atom. The van der Waals surface area contributed by atoms with Gasteiger partial charge in [0.2, 0.25) is 5.91 Å². The molecule has 3 aromatic rings. The molecule has 29 heavy (non-hydrogen) atoms. The molecule has 0 bridgehead atoms. The highest BCUT2D eigenvalue weighted by molar-refractivity contribution is 7.13. The van der Waals surface area contributed by atoms with Gasteiger partial charge in [-0.1, -0.05) is 6.07 Å². The van der Waals surface area contributed by atoms with Crippen molar-refractivity contribution in [2.24, 2.45) is 0 Å². The molecule has 1 N–H and O–H groups in total. The average Bonchev–Trinajstić information content (AvgIpc) is 3.30. The second-order valence-electron chi connectivity index (χ2n) is 5.89. The highest BCUT2D eigenvalue weighted by atomic mass is 32.1. The number of benzene rings is 1. The lowest BCUT2D eigenvalue weighted by molar-refractivity contribution is -0.142. The maximum atomic E-state index is 13.8. The largest absolute Gasteiger partial charge is 0.466 e. The molecule has 0 spiro atoms. The smallest absolute Gasteiger partial charge is 0.311 e. The van der Waals surface area contributed by atoms with E-state index < -0.39 is 11.6 Å². The van der Waals surface area contributed by atoms with Crippen LogP contribution in [-0.2, 0) is 27.2 Å². The minimum absolute atomic E-state index is 0.0336.